The van der Waals surface area contributed by atoms with Crippen LogP contribution in [0.1, 0.15) is 22.8 Å². The van der Waals surface area contributed by atoms with Gasteiger partial charge in [-0.25, -0.2) is 0 Å². The predicted octanol–water partition coefficient (Wildman–Crippen LogP) is 4.35. The smallest absolute Gasteiger partial charge is 0.261 e. The van der Waals surface area contributed by atoms with Crippen LogP contribution in [0.3, 0.4) is 0 Å². The lowest BCUT2D eigenvalue weighted by Crippen LogP contribution is -2.31. The predicted molar refractivity (Wildman–Crippen MR) is 136 cm³/mol. The average molecular weight is 460 g/mol. The number of aromatic nitrogens is 1. The molecule has 168 valence electrons. The van der Waals surface area contributed by atoms with Crippen molar-refractivity contribution in [2.24, 2.45) is 0 Å². The Morgan fingerprint density at radius 3 is 2.61 bits per heavy atom. The Hall–Kier alpha value is -3.58. The number of hydrogen-bond donors (Lipinski definition) is 3. The maximum absolute atomic E-state index is 12.8. The molecule has 3 N–H and O–H groups in total. The van der Waals surface area contributed by atoms with Gasteiger partial charge >= 0.3 is 0 Å². The summed E-state index contributed by atoms with van der Waals surface area (Å²) in [5.74, 6) is 0.626. The summed E-state index contributed by atoms with van der Waals surface area (Å²) in [6.45, 7) is 2.40. The molecule has 33 heavy (non-hydrogen) atoms. The van der Waals surface area contributed by atoms with Crippen molar-refractivity contribution in [1.82, 2.24) is 10.3 Å². The van der Waals surface area contributed by atoms with Crippen LogP contribution >= 0.6 is 11.8 Å². The lowest BCUT2D eigenvalue weighted by atomic mass is 10.1. The van der Waals surface area contributed by atoms with E-state index in [-0.39, 0.29) is 11.5 Å². The van der Waals surface area contributed by atoms with Gasteiger partial charge < -0.3 is 15.6 Å². The fourth-order valence-corrected chi connectivity index (χ4v) is 4.16. The SMILES string of the molecule is CCSCC(=O)Nc1cccc2[nH]c(=O)c(C(=O)NCCc3ccc4ccccc4c3)cc12. The summed E-state index contributed by atoms with van der Waals surface area (Å²) < 4.78 is 0. The van der Waals surface area contributed by atoms with Crippen molar-refractivity contribution < 1.29 is 9.59 Å². The highest BCUT2D eigenvalue weighted by Crippen LogP contribution is 2.22. The minimum atomic E-state index is -0.462. The molecule has 0 spiro atoms. The first-order valence-electron chi connectivity index (χ1n) is 10.8. The largest absolute Gasteiger partial charge is 0.352 e. The number of thioether (sulfide) groups is 1. The summed E-state index contributed by atoms with van der Waals surface area (Å²) in [5, 5.41) is 8.65. The van der Waals surface area contributed by atoms with Crippen LogP contribution in [-0.4, -0.2) is 34.8 Å². The van der Waals surface area contributed by atoms with Gasteiger partial charge in [0, 0.05) is 11.9 Å². The molecule has 0 aliphatic carbocycles. The molecule has 2 amide bonds. The van der Waals surface area contributed by atoms with Crippen molar-refractivity contribution in [1.29, 1.82) is 0 Å². The fourth-order valence-electron chi connectivity index (χ4n) is 3.70. The van der Waals surface area contributed by atoms with Crippen molar-refractivity contribution >= 4 is 50.9 Å². The fraction of sp³-hybridized carbons (Fsp3) is 0.192. The lowest BCUT2D eigenvalue weighted by molar-refractivity contribution is -0.113. The highest BCUT2D eigenvalue weighted by molar-refractivity contribution is 7.99. The zero-order valence-electron chi connectivity index (χ0n) is 18.3. The summed E-state index contributed by atoms with van der Waals surface area (Å²) in [7, 11) is 0. The molecule has 0 bridgehead atoms. The second-order valence-electron chi connectivity index (χ2n) is 7.65. The maximum atomic E-state index is 12.8. The molecule has 0 saturated carbocycles. The Morgan fingerprint density at radius 2 is 1.79 bits per heavy atom. The van der Waals surface area contributed by atoms with Crippen LogP contribution in [0.4, 0.5) is 5.69 Å². The molecule has 0 aliphatic rings. The van der Waals surface area contributed by atoms with Crippen LogP contribution in [0.5, 0.6) is 0 Å². The zero-order chi connectivity index (χ0) is 23.2. The highest BCUT2D eigenvalue weighted by atomic mass is 32.2. The summed E-state index contributed by atoms with van der Waals surface area (Å²) in [6.07, 6.45) is 0.651. The van der Waals surface area contributed by atoms with Crippen molar-refractivity contribution in [2.75, 3.05) is 23.4 Å². The monoisotopic (exact) mass is 459 g/mol. The van der Waals surface area contributed by atoms with E-state index in [2.05, 4.69) is 39.9 Å². The number of benzene rings is 3. The Bertz CT molecular complexity index is 1380. The third-order valence-electron chi connectivity index (χ3n) is 5.36. The van der Waals surface area contributed by atoms with E-state index in [4.69, 9.17) is 0 Å². The quantitative estimate of drug-likeness (QED) is 0.365. The molecule has 3 aromatic carbocycles. The van der Waals surface area contributed by atoms with Gasteiger partial charge in [-0.1, -0.05) is 55.5 Å². The number of anilines is 1. The molecule has 7 heteroatoms. The Labute approximate surface area is 195 Å². The molecule has 1 heterocycles. The third kappa shape index (κ3) is 5.43. The number of nitrogens with one attached hydrogen (secondary N) is 3. The van der Waals surface area contributed by atoms with E-state index in [0.29, 0.717) is 35.3 Å². The second-order valence-corrected chi connectivity index (χ2v) is 8.93. The Morgan fingerprint density at radius 1 is 0.970 bits per heavy atom. The number of H-pyrrole nitrogens is 1. The first-order chi connectivity index (χ1) is 16.0. The van der Waals surface area contributed by atoms with Crippen molar-refractivity contribution in [3.63, 3.8) is 0 Å². The van der Waals surface area contributed by atoms with E-state index in [9.17, 15) is 14.4 Å². The number of hydrogen-bond acceptors (Lipinski definition) is 4. The summed E-state index contributed by atoms with van der Waals surface area (Å²) >= 11 is 1.53. The van der Waals surface area contributed by atoms with Gasteiger partial charge in [0.25, 0.3) is 11.5 Å². The minimum absolute atomic E-state index is 0.0191. The average Bonchev–Trinajstić information content (AvgIpc) is 2.82. The molecule has 0 aliphatic heterocycles. The molecule has 6 nitrogen and oxygen atoms in total. The minimum Gasteiger partial charge on any atom is -0.352 e. The van der Waals surface area contributed by atoms with Gasteiger partial charge in [0.1, 0.15) is 5.56 Å². The van der Waals surface area contributed by atoms with Gasteiger partial charge in [-0.3, -0.25) is 14.4 Å². The van der Waals surface area contributed by atoms with E-state index in [1.807, 2.05) is 25.1 Å². The van der Waals surface area contributed by atoms with Gasteiger partial charge in [-0.15, -0.1) is 0 Å². The van der Waals surface area contributed by atoms with Crippen LogP contribution in [0.15, 0.2) is 71.5 Å². The summed E-state index contributed by atoms with van der Waals surface area (Å²) in [5.41, 5.74) is 1.79. The Balaban J connectivity index is 1.48. The summed E-state index contributed by atoms with van der Waals surface area (Å²) in [4.78, 5) is 40.2. The first kappa shape index (κ1) is 22.6. The van der Waals surface area contributed by atoms with Gasteiger partial charge in [0.2, 0.25) is 5.91 Å². The molecule has 4 aromatic rings. The number of rotatable bonds is 8. The second kappa shape index (κ2) is 10.4. The maximum Gasteiger partial charge on any atom is 0.261 e. The lowest BCUT2D eigenvalue weighted by Gasteiger charge is -2.10. The van der Waals surface area contributed by atoms with Crippen molar-refractivity contribution in [3.8, 4) is 0 Å². The van der Waals surface area contributed by atoms with Gasteiger partial charge in [0.05, 0.1) is 17.0 Å². The third-order valence-corrected chi connectivity index (χ3v) is 6.23. The molecule has 0 radical (unpaired) electrons. The van der Waals surface area contributed by atoms with Crippen LogP contribution in [0.2, 0.25) is 0 Å². The number of aromatic amines is 1. The van der Waals surface area contributed by atoms with Gasteiger partial charge in [-0.2, -0.15) is 11.8 Å². The molecule has 1 aromatic heterocycles. The number of pyridine rings is 1. The van der Waals surface area contributed by atoms with E-state index in [1.54, 1.807) is 24.3 Å². The normalized spacial score (nSPS) is 10.9. The van der Waals surface area contributed by atoms with Gasteiger partial charge in [0.15, 0.2) is 0 Å². The standard InChI is InChI=1S/C26H25N3O3S/c1-2-33-16-24(30)28-22-8-5-9-23-20(22)15-21(26(32)29-23)25(31)27-13-12-17-10-11-18-6-3-4-7-19(18)14-17/h3-11,14-15H,2,12-13,16H2,1H3,(H,27,31)(H,28,30)(H,29,32). The van der Waals surface area contributed by atoms with Crippen molar-refractivity contribution in [3.05, 3.63) is 88.2 Å². The van der Waals surface area contributed by atoms with E-state index >= 15 is 0 Å². The molecular weight excluding hydrogens is 434 g/mol. The van der Waals surface area contributed by atoms with Crippen LogP contribution < -0.4 is 16.2 Å². The molecule has 4 rings (SSSR count). The van der Waals surface area contributed by atoms with Crippen LogP contribution in [0, 0.1) is 0 Å². The van der Waals surface area contributed by atoms with Crippen LogP contribution in [-0.2, 0) is 11.2 Å². The van der Waals surface area contributed by atoms with E-state index in [1.165, 1.54) is 17.1 Å². The topological polar surface area (TPSA) is 91.1 Å². The number of carbonyl (C=O) groups is 2. The summed E-state index contributed by atoms with van der Waals surface area (Å²) in [6, 6.07) is 21.1. The number of carbonyl (C=O) groups excluding carboxylic acids is 2. The Kier molecular flexibility index (Phi) is 7.10. The van der Waals surface area contributed by atoms with Gasteiger partial charge in [-0.05, 0) is 46.7 Å². The molecular formula is C26H25N3O3S. The van der Waals surface area contributed by atoms with Crippen molar-refractivity contribution in [2.45, 2.75) is 13.3 Å². The van der Waals surface area contributed by atoms with E-state index in [0.717, 1.165) is 16.7 Å². The molecule has 0 atom stereocenters. The molecule has 0 unspecified atom stereocenters. The number of fused-ring (bicyclic) bond motifs is 2. The van der Waals surface area contributed by atoms with E-state index < -0.39 is 11.5 Å². The first-order valence-corrected chi connectivity index (χ1v) is 12.0. The highest BCUT2D eigenvalue weighted by Gasteiger charge is 2.14. The van der Waals surface area contributed by atoms with Crippen LogP contribution in [0.25, 0.3) is 21.7 Å². The molecule has 0 fully saturated rings. The molecule has 0 saturated heterocycles. The zero-order valence-corrected chi connectivity index (χ0v) is 19.1. The number of amides is 2.